The number of benzene rings is 1. The number of nitrogens with zero attached hydrogens (tertiary/aromatic N) is 2. The van der Waals surface area contributed by atoms with Crippen molar-refractivity contribution in [2.45, 2.75) is 18.9 Å². The molecule has 27 heavy (non-hydrogen) atoms. The van der Waals surface area contributed by atoms with Gasteiger partial charge in [0.05, 0.1) is 6.04 Å². The first kappa shape index (κ1) is 18.2. The molecule has 1 amide bonds. The number of rotatable bonds is 6. The Bertz CT molecular complexity index is 886. The highest BCUT2D eigenvalue weighted by Crippen LogP contribution is 2.28. The highest BCUT2D eigenvalue weighted by Gasteiger charge is 2.25. The number of halogens is 1. The average Bonchev–Trinajstić information content (AvgIpc) is 3.44. The van der Waals surface area contributed by atoms with Gasteiger partial charge in [0.1, 0.15) is 0 Å². The van der Waals surface area contributed by atoms with Gasteiger partial charge in [0.25, 0.3) is 5.91 Å². The Labute approximate surface area is 166 Å². The Hall–Kier alpha value is -2.15. The van der Waals surface area contributed by atoms with E-state index in [2.05, 4.69) is 32.9 Å². The van der Waals surface area contributed by atoms with Crippen LogP contribution in [0.4, 0.5) is 0 Å². The third kappa shape index (κ3) is 4.24. The quantitative estimate of drug-likeness (QED) is 0.654. The van der Waals surface area contributed by atoms with Crippen molar-refractivity contribution in [1.29, 1.82) is 0 Å². The van der Waals surface area contributed by atoms with Gasteiger partial charge in [-0.15, -0.1) is 11.3 Å². The first-order valence-corrected chi connectivity index (χ1v) is 10.2. The maximum atomic E-state index is 12.6. The Morgan fingerprint density at radius 2 is 2.04 bits per heavy atom. The summed E-state index contributed by atoms with van der Waals surface area (Å²) in [4.78, 5) is 16.3. The molecule has 7 heteroatoms. The SMILES string of the molecule is O=C(NC[C@H](c1cccs1)N1CCCC1)c1cc(-c2ccc(Cl)cc2)on1. The first-order chi connectivity index (χ1) is 13.2. The fourth-order valence-electron chi connectivity index (χ4n) is 3.36. The molecule has 1 fully saturated rings. The van der Waals surface area contributed by atoms with E-state index in [-0.39, 0.29) is 17.6 Å². The standard InChI is InChI=1S/C20H20ClN3O2S/c21-15-7-5-14(6-8-15)18-12-16(23-26-18)20(25)22-13-17(19-4-3-11-27-19)24-9-1-2-10-24/h3-8,11-12,17H,1-2,9-10,13H2,(H,22,25)/t17-/m1/s1. The Kier molecular flexibility index (Phi) is 5.57. The van der Waals surface area contributed by atoms with Gasteiger partial charge < -0.3 is 9.84 Å². The van der Waals surface area contributed by atoms with Crippen LogP contribution < -0.4 is 5.32 Å². The van der Waals surface area contributed by atoms with E-state index in [1.807, 2.05) is 12.1 Å². The minimum absolute atomic E-state index is 0.207. The molecule has 1 aliphatic rings. The maximum absolute atomic E-state index is 12.6. The van der Waals surface area contributed by atoms with Crippen LogP contribution in [0.1, 0.15) is 34.2 Å². The van der Waals surface area contributed by atoms with Crippen molar-refractivity contribution in [3.63, 3.8) is 0 Å². The lowest BCUT2D eigenvalue weighted by Crippen LogP contribution is -2.36. The van der Waals surface area contributed by atoms with Crippen LogP contribution in [-0.4, -0.2) is 35.6 Å². The number of thiophene rings is 1. The zero-order valence-corrected chi connectivity index (χ0v) is 16.3. The van der Waals surface area contributed by atoms with Crippen molar-refractivity contribution in [2.24, 2.45) is 0 Å². The molecule has 0 radical (unpaired) electrons. The first-order valence-electron chi connectivity index (χ1n) is 8.99. The molecule has 3 aromatic rings. The molecule has 3 heterocycles. The normalized spacial score (nSPS) is 15.7. The van der Waals surface area contributed by atoms with Crippen molar-refractivity contribution in [3.05, 3.63) is 63.4 Å². The molecule has 0 unspecified atom stereocenters. The molecular weight excluding hydrogens is 382 g/mol. The summed E-state index contributed by atoms with van der Waals surface area (Å²) in [5, 5.41) is 9.67. The van der Waals surface area contributed by atoms with Gasteiger partial charge in [-0.05, 0) is 61.6 Å². The van der Waals surface area contributed by atoms with Crippen molar-refractivity contribution >= 4 is 28.8 Å². The lowest BCUT2D eigenvalue weighted by atomic mass is 10.1. The summed E-state index contributed by atoms with van der Waals surface area (Å²) >= 11 is 7.64. The fourth-order valence-corrected chi connectivity index (χ4v) is 4.34. The molecule has 5 nitrogen and oxygen atoms in total. The summed E-state index contributed by atoms with van der Waals surface area (Å²) in [6, 6.07) is 13.3. The molecule has 1 N–H and O–H groups in total. The molecule has 140 valence electrons. The van der Waals surface area contributed by atoms with Gasteiger partial charge in [-0.1, -0.05) is 22.8 Å². The molecular formula is C20H20ClN3O2S. The van der Waals surface area contributed by atoms with Gasteiger partial charge >= 0.3 is 0 Å². The monoisotopic (exact) mass is 401 g/mol. The van der Waals surface area contributed by atoms with Gasteiger partial charge in [0, 0.05) is 28.1 Å². The Balaban J connectivity index is 1.43. The van der Waals surface area contributed by atoms with Gasteiger partial charge in [-0.2, -0.15) is 0 Å². The predicted molar refractivity (Wildman–Crippen MR) is 107 cm³/mol. The highest BCUT2D eigenvalue weighted by atomic mass is 35.5. The molecule has 1 atom stereocenters. The summed E-state index contributed by atoms with van der Waals surface area (Å²) < 4.78 is 5.33. The van der Waals surface area contributed by atoms with Crippen molar-refractivity contribution in [2.75, 3.05) is 19.6 Å². The van der Waals surface area contributed by atoms with Crippen LogP contribution in [0.2, 0.25) is 5.02 Å². The molecule has 2 aromatic heterocycles. The zero-order valence-electron chi connectivity index (χ0n) is 14.7. The number of aromatic nitrogens is 1. The van der Waals surface area contributed by atoms with E-state index in [1.54, 1.807) is 29.5 Å². The topological polar surface area (TPSA) is 58.4 Å². The second kappa shape index (κ2) is 8.25. The van der Waals surface area contributed by atoms with Gasteiger partial charge in [0.15, 0.2) is 11.5 Å². The van der Waals surface area contributed by atoms with E-state index in [9.17, 15) is 4.79 Å². The zero-order chi connectivity index (χ0) is 18.6. The van der Waals surface area contributed by atoms with Crippen LogP contribution in [0.25, 0.3) is 11.3 Å². The highest BCUT2D eigenvalue weighted by molar-refractivity contribution is 7.10. The third-order valence-electron chi connectivity index (χ3n) is 4.78. The number of carbonyl (C=O) groups excluding carboxylic acids is 1. The summed E-state index contributed by atoms with van der Waals surface area (Å²) in [6.45, 7) is 2.70. The molecule has 1 aliphatic heterocycles. The molecule has 1 aromatic carbocycles. The molecule has 0 bridgehead atoms. The van der Waals surface area contributed by atoms with Gasteiger partial charge in [0.2, 0.25) is 0 Å². The molecule has 0 saturated carbocycles. The summed E-state index contributed by atoms with van der Waals surface area (Å²) in [5.74, 6) is 0.325. The second-order valence-corrected chi connectivity index (χ2v) is 7.98. The molecule has 1 saturated heterocycles. The minimum Gasteiger partial charge on any atom is -0.355 e. The van der Waals surface area contributed by atoms with E-state index >= 15 is 0 Å². The van der Waals surface area contributed by atoms with E-state index in [1.165, 1.54) is 17.7 Å². The smallest absolute Gasteiger partial charge is 0.273 e. The maximum Gasteiger partial charge on any atom is 0.273 e. The number of amides is 1. The van der Waals surface area contributed by atoms with Crippen LogP contribution >= 0.6 is 22.9 Å². The lowest BCUT2D eigenvalue weighted by Gasteiger charge is -2.26. The van der Waals surface area contributed by atoms with Crippen molar-refractivity contribution < 1.29 is 9.32 Å². The number of likely N-dealkylation sites (tertiary alicyclic amines) is 1. The number of hydrogen-bond acceptors (Lipinski definition) is 5. The number of hydrogen-bond donors (Lipinski definition) is 1. The van der Waals surface area contributed by atoms with Crippen molar-refractivity contribution in [1.82, 2.24) is 15.4 Å². The Morgan fingerprint density at radius 1 is 1.26 bits per heavy atom. The summed E-state index contributed by atoms with van der Waals surface area (Å²) in [6.07, 6.45) is 2.42. The van der Waals surface area contributed by atoms with E-state index in [4.69, 9.17) is 16.1 Å². The van der Waals surface area contributed by atoms with Crippen molar-refractivity contribution in [3.8, 4) is 11.3 Å². The van der Waals surface area contributed by atoms with Crippen LogP contribution in [0, 0.1) is 0 Å². The molecule has 4 rings (SSSR count). The second-order valence-electron chi connectivity index (χ2n) is 6.57. The fraction of sp³-hybridized carbons (Fsp3) is 0.300. The van der Waals surface area contributed by atoms with Crippen LogP contribution in [0.5, 0.6) is 0 Å². The van der Waals surface area contributed by atoms with Crippen LogP contribution in [-0.2, 0) is 0 Å². The lowest BCUT2D eigenvalue weighted by molar-refractivity contribution is 0.0929. The van der Waals surface area contributed by atoms with E-state index < -0.39 is 0 Å². The number of carbonyl (C=O) groups is 1. The summed E-state index contributed by atoms with van der Waals surface area (Å²) in [5.41, 5.74) is 1.12. The van der Waals surface area contributed by atoms with Gasteiger partial charge in [-0.3, -0.25) is 9.69 Å². The third-order valence-corrected chi connectivity index (χ3v) is 6.01. The van der Waals surface area contributed by atoms with E-state index in [0.717, 1.165) is 18.7 Å². The largest absolute Gasteiger partial charge is 0.355 e. The Morgan fingerprint density at radius 3 is 2.74 bits per heavy atom. The molecule has 0 spiro atoms. The van der Waals surface area contributed by atoms with Crippen LogP contribution in [0.3, 0.4) is 0 Å². The summed E-state index contributed by atoms with van der Waals surface area (Å²) in [7, 11) is 0. The van der Waals surface area contributed by atoms with Gasteiger partial charge in [-0.25, -0.2) is 0 Å². The van der Waals surface area contributed by atoms with Crippen LogP contribution in [0.15, 0.2) is 52.4 Å². The molecule has 0 aliphatic carbocycles. The predicted octanol–water partition coefficient (Wildman–Crippen LogP) is 4.62. The average molecular weight is 402 g/mol. The minimum atomic E-state index is -0.222. The number of nitrogens with one attached hydrogen (secondary N) is 1. The van der Waals surface area contributed by atoms with E-state index in [0.29, 0.717) is 17.3 Å².